The molecule has 6 nitrogen and oxygen atoms in total. The number of aryl methyl sites for hydroxylation is 2. The Labute approximate surface area is 202 Å². The standard InChI is InChI=1S/C27H31N3O3S/c1-21-9-7-11-24(19-21)30(34(32,33)25-12-5-4-6-13-25)20-27(31)29-17-15-28(16-18-29)26-14-8-10-22(2)23(26)3/h4-14,19H,15-18,20H2,1-3H3. The highest BCUT2D eigenvalue weighted by Gasteiger charge is 2.30. The molecule has 1 amide bonds. The van der Waals surface area contributed by atoms with Gasteiger partial charge < -0.3 is 9.80 Å². The summed E-state index contributed by atoms with van der Waals surface area (Å²) in [4.78, 5) is 17.5. The molecular formula is C27H31N3O3S. The topological polar surface area (TPSA) is 60.9 Å². The smallest absolute Gasteiger partial charge is 0.264 e. The van der Waals surface area contributed by atoms with Crippen molar-refractivity contribution in [1.82, 2.24) is 4.90 Å². The zero-order chi connectivity index (χ0) is 24.3. The maximum atomic E-state index is 13.5. The Balaban J connectivity index is 1.53. The summed E-state index contributed by atoms with van der Waals surface area (Å²) in [5, 5.41) is 0. The lowest BCUT2D eigenvalue weighted by atomic mass is 10.1. The summed E-state index contributed by atoms with van der Waals surface area (Å²) >= 11 is 0. The van der Waals surface area contributed by atoms with E-state index in [9.17, 15) is 13.2 Å². The SMILES string of the molecule is Cc1cccc(N(CC(=O)N2CCN(c3cccc(C)c3C)CC2)S(=O)(=O)c2ccccc2)c1. The van der Waals surface area contributed by atoms with Crippen LogP contribution in [-0.2, 0) is 14.8 Å². The molecule has 1 fully saturated rings. The van der Waals surface area contributed by atoms with E-state index in [1.807, 2.05) is 19.1 Å². The number of nitrogens with zero attached hydrogens (tertiary/aromatic N) is 3. The molecule has 1 saturated heterocycles. The Morgan fingerprint density at radius 2 is 1.53 bits per heavy atom. The van der Waals surface area contributed by atoms with Crippen molar-refractivity contribution in [3.8, 4) is 0 Å². The number of anilines is 2. The molecular weight excluding hydrogens is 446 g/mol. The van der Waals surface area contributed by atoms with Crippen LogP contribution in [-0.4, -0.2) is 51.9 Å². The number of carbonyl (C=O) groups is 1. The predicted octanol–water partition coefficient (Wildman–Crippen LogP) is 4.16. The first-order chi connectivity index (χ1) is 16.3. The van der Waals surface area contributed by atoms with Crippen LogP contribution in [0.3, 0.4) is 0 Å². The summed E-state index contributed by atoms with van der Waals surface area (Å²) in [6.45, 7) is 8.44. The molecule has 7 heteroatoms. The summed E-state index contributed by atoms with van der Waals surface area (Å²) in [6, 6.07) is 21.8. The van der Waals surface area contributed by atoms with Gasteiger partial charge in [0.1, 0.15) is 6.54 Å². The highest BCUT2D eigenvalue weighted by Crippen LogP contribution is 2.26. The molecule has 4 rings (SSSR count). The molecule has 0 aromatic heterocycles. The van der Waals surface area contributed by atoms with Gasteiger partial charge >= 0.3 is 0 Å². The van der Waals surface area contributed by atoms with Crippen LogP contribution in [0.2, 0.25) is 0 Å². The van der Waals surface area contributed by atoms with Gasteiger partial charge in [0.2, 0.25) is 5.91 Å². The average Bonchev–Trinajstić information content (AvgIpc) is 2.84. The molecule has 3 aromatic rings. The van der Waals surface area contributed by atoms with Crippen LogP contribution in [0.25, 0.3) is 0 Å². The zero-order valence-electron chi connectivity index (χ0n) is 19.9. The molecule has 1 aliphatic heterocycles. The highest BCUT2D eigenvalue weighted by atomic mass is 32.2. The summed E-state index contributed by atoms with van der Waals surface area (Å²) in [5.74, 6) is -0.193. The zero-order valence-corrected chi connectivity index (χ0v) is 20.8. The average molecular weight is 478 g/mol. The van der Waals surface area contributed by atoms with Crippen LogP contribution in [0.1, 0.15) is 16.7 Å². The Bertz CT molecular complexity index is 1270. The fourth-order valence-electron chi connectivity index (χ4n) is 4.32. The lowest BCUT2D eigenvalue weighted by Crippen LogP contribution is -2.52. The molecule has 0 saturated carbocycles. The number of benzene rings is 3. The van der Waals surface area contributed by atoms with E-state index < -0.39 is 10.0 Å². The van der Waals surface area contributed by atoms with Crippen LogP contribution in [0, 0.1) is 20.8 Å². The largest absolute Gasteiger partial charge is 0.368 e. The number of amides is 1. The van der Waals surface area contributed by atoms with Crippen LogP contribution < -0.4 is 9.21 Å². The van der Waals surface area contributed by atoms with E-state index in [2.05, 4.69) is 36.9 Å². The fraction of sp³-hybridized carbons (Fsp3) is 0.296. The Morgan fingerprint density at radius 1 is 0.853 bits per heavy atom. The second kappa shape index (κ2) is 9.89. The van der Waals surface area contributed by atoms with E-state index in [1.54, 1.807) is 47.4 Å². The summed E-state index contributed by atoms with van der Waals surface area (Å²) < 4.78 is 28.3. The molecule has 1 heterocycles. The molecule has 0 spiro atoms. The molecule has 3 aromatic carbocycles. The molecule has 0 bridgehead atoms. The molecule has 178 valence electrons. The minimum absolute atomic E-state index is 0.170. The van der Waals surface area contributed by atoms with Crippen LogP contribution in [0.15, 0.2) is 77.7 Å². The van der Waals surface area contributed by atoms with E-state index >= 15 is 0 Å². The van der Waals surface area contributed by atoms with E-state index in [0.29, 0.717) is 31.9 Å². The highest BCUT2D eigenvalue weighted by molar-refractivity contribution is 7.92. The lowest BCUT2D eigenvalue weighted by Gasteiger charge is -2.38. The third-order valence-corrected chi connectivity index (χ3v) is 8.24. The van der Waals surface area contributed by atoms with Gasteiger partial charge in [-0.1, -0.05) is 42.5 Å². The number of carbonyl (C=O) groups excluding carboxylic acids is 1. The quantitative estimate of drug-likeness (QED) is 0.535. The normalized spacial score (nSPS) is 14.2. The summed E-state index contributed by atoms with van der Waals surface area (Å²) in [7, 11) is -3.89. The molecule has 0 N–H and O–H groups in total. The second-order valence-corrected chi connectivity index (χ2v) is 10.6. The maximum absolute atomic E-state index is 13.5. The van der Waals surface area contributed by atoms with E-state index in [0.717, 1.165) is 5.56 Å². The first-order valence-corrected chi connectivity index (χ1v) is 12.9. The monoisotopic (exact) mass is 477 g/mol. The van der Waals surface area contributed by atoms with Gasteiger partial charge in [0.25, 0.3) is 10.0 Å². The number of hydrogen-bond donors (Lipinski definition) is 0. The number of sulfonamides is 1. The van der Waals surface area contributed by atoms with Gasteiger partial charge in [0.05, 0.1) is 10.6 Å². The van der Waals surface area contributed by atoms with E-state index in [1.165, 1.54) is 21.1 Å². The minimum atomic E-state index is -3.89. The van der Waals surface area contributed by atoms with Gasteiger partial charge in [-0.05, 0) is 67.8 Å². The first kappa shape index (κ1) is 23.8. The number of rotatable bonds is 6. The third kappa shape index (κ3) is 4.94. The fourth-order valence-corrected chi connectivity index (χ4v) is 5.74. The van der Waals surface area contributed by atoms with Crippen molar-refractivity contribution >= 4 is 27.3 Å². The Hall–Kier alpha value is -3.32. The lowest BCUT2D eigenvalue weighted by molar-refractivity contribution is -0.129. The molecule has 0 radical (unpaired) electrons. The summed E-state index contributed by atoms with van der Waals surface area (Å²) in [5.41, 5.74) is 5.12. The van der Waals surface area contributed by atoms with Crippen molar-refractivity contribution in [2.45, 2.75) is 25.7 Å². The maximum Gasteiger partial charge on any atom is 0.264 e. The molecule has 1 aliphatic rings. The Kier molecular flexibility index (Phi) is 6.93. The van der Waals surface area contributed by atoms with Crippen LogP contribution in [0.4, 0.5) is 11.4 Å². The number of hydrogen-bond acceptors (Lipinski definition) is 4. The van der Waals surface area contributed by atoms with E-state index in [-0.39, 0.29) is 17.3 Å². The van der Waals surface area contributed by atoms with Gasteiger partial charge in [0, 0.05) is 31.9 Å². The van der Waals surface area contributed by atoms with Crippen LogP contribution in [0.5, 0.6) is 0 Å². The van der Waals surface area contributed by atoms with Crippen molar-refractivity contribution in [2.24, 2.45) is 0 Å². The van der Waals surface area contributed by atoms with Crippen molar-refractivity contribution < 1.29 is 13.2 Å². The van der Waals surface area contributed by atoms with Crippen molar-refractivity contribution in [3.05, 3.63) is 89.5 Å². The van der Waals surface area contributed by atoms with E-state index in [4.69, 9.17) is 0 Å². The molecule has 0 atom stereocenters. The molecule has 0 aliphatic carbocycles. The molecule has 0 unspecified atom stereocenters. The first-order valence-electron chi connectivity index (χ1n) is 11.5. The van der Waals surface area contributed by atoms with Gasteiger partial charge in [0.15, 0.2) is 0 Å². The van der Waals surface area contributed by atoms with Crippen molar-refractivity contribution in [1.29, 1.82) is 0 Å². The van der Waals surface area contributed by atoms with Gasteiger partial charge in [-0.2, -0.15) is 0 Å². The minimum Gasteiger partial charge on any atom is -0.368 e. The van der Waals surface area contributed by atoms with Crippen LogP contribution >= 0.6 is 0 Å². The number of piperazine rings is 1. The predicted molar refractivity (Wildman–Crippen MR) is 137 cm³/mol. The van der Waals surface area contributed by atoms with Crippen molar-refractivity contribution in [2.75, 3.05) is 41.9 Å². The van der Waals surface area contributed by atoms with Gasteiger partial charge in [-0.3, -0.25) is 9.10 Å². The third-order valence-electron chi connectivity index (χ3n) is 6.45. The van der Waals surface area contributed by atoms with Gasteiger partial charge in [-0.15, -0.1) is 0 Å². The molecule has 34 heavy (non-hydrogen) atoms. The Morgan fingerprint density at radius 3 is 2.21 bits per heavy atom. The summed E-state index contributed by atoms with van der Waals surface area (Å²) in [6.07, 6.45) is 0. The second-order valence-electron chi connectivity index (χ2n) is 8.75. The van der Waals surface area contributed by atoms with Gasteiger partial charge in [-0.25, -0.2) is 8.42 Å². The van der Waals surface area contributed by atoms with Crippen molar-refractivity contribution in [3.63, 3.8) is 0 Å².